The lowest BCUT2D eigenvalue weighted by Gasteiger charge is -2.26. The first-order valence-electron chi connectivity index (χ1n) is 7.48. The van der Waals surface area contributed by atoms with Gasteiger partial charge in [-0.15, -0.1) is 0 Å². The summed E-state index contributed by atoms with van der Waals surface area (Å²) >= 11 is 0. The highest BCUT2D eigenvalue weighted by atomic mass is 16.2. The molecule has 0 spiro atoms. The quantitative estimate of drug-likeness (QED) is 0.934. The Morgan fingerprint density at radius 2 is 1.71 bits per heavy atom. The number of nitrogens with zero attached hydrogens (tertiary/aromatic N) is 1. The molecule has 0 bridgehead atoms. The van der Waals surface area contributed by atoms with E-state index in [0.717, 1.165) is 30.6 Å². The summed E-state index contributed by atoms with van der Waals surface area (Å²) in [5, 5.41) is 3.30. The summed E-state index contributed by atoms with van der Waals surface area (Å²) in [4.78, 5) is 14.7. The maximum Gasteiger partial charge on any atom is 0.244 e. The van der Waals surface area contributed by atoms with Crippen LogP contribution >= 0.6 is 0 Å². The van der Waals surface area contributed by atoms with Gasteiger partial charge in [-0.05, 0) is 37.1 Å². The van der Waals surface area contributed by atoms with E-state index in [-0.39, 0.29) is 11.9 Å². The van der Waals surface area contributed by atoms with Crippen LogP contribution in [0.3, 0.4) is 0 Å². The van der Waals surface area contributed by atoms with Gasteiger partial charge >= 0.3 is 0 Å². The van der Waals surface area contributed by atoms with Crippen molar-refractivity contribution >= 4 is 11.6 Å². The number of hydrogen-bond donors (Lipinski definition) is 1. The number of amides is 1. The van der Waals surface area contributed by atoms with E-state index in [1.807, 2.05) is 53.4 Å². The van der Waals surface area contributed by atoms with Crippen molar-refractivity contribution in [3.63, 3.8) is 0 Å². The largest absolute Gasteiger partial charge is 0.307 e. The molecule has 0 saturated carbocycles. The molecular weight excluding hydrogens is 260 g/mol. The molecule has 2 aromatic carbocycles. The number of hydrogen-bond acceptors (Lipinski definition) is 2. The molecule has 0 aromatic heterocycles. The van der Waals surface area contributed by atoms with Crippen LogP contribution in [0.1, 0.15) is 18.4 Å². The lowest BCUT2D eigenvalue weighted by Crippen LogP contribution is -2.43. The predicted octanol–water partition coefficient (Wildman–Crippen LogP) is 2.97. The Morgan fingerprint density at radius 3 is 2.33 bits per heavy atom. The Morgan fingerprint density at radius 1 is 1.05 bits per heavy atom. The molecule has 108 valence electrons. The minimum atomic E-state index is -0.0473. The van der Waals surface area contributed by atoms with Crippen LogP contribution in [-0.4, -0.2) is 18.5 Å². The average Bonchev–Trinajstić information content (AvgIpc) is 3.08. The maximum absolute atomic E-state index is 12.8. The Labute approximate surface area is 125 Å². The molecule has 0 radical (unpaired) electrons. The SMILES string of the molecule is O=C([C@@H]1CCCN1)N(Cc1ccccc1)c1ccccc1. The highest BCUT2D eigenvalue weighted by molar-refractivity contribution is 5.97. The van der Waals surface area contributed by atoms with E-state index in [9.17, 15) is 4.79 Å². The molecule has 0 aliphatic carbocycles. The van der Waals surface area contributed by atoms with Crippen molar-refractivity contribution in [2.75, 3.05) is 11.4 Å². The summed E-state index contributed by atoms with van der Waals surface area (Å²) < 4.78 is 0. The zero-order chi connectivity index (χ0) is 14.5. The van der Waals surface area contributed by atoms with Gasteiger partial charge in [0.05, 0.1) is 12.6 Å². The minimum Gasteiger partial charge on any atom is -0.307 e. The summed E-state index contributed by atoms with van der Waals surface area (Å²) in [6, 6.07) is 20.0. The number of para-hydroxylation sites is 1. The van der Waals surface area contributed by atoms with Gasteiger partial charge in [-0.1, -0.05) is 48.5 Å². The summed E-state index contributed by atoms with van der Waals surface area (Å²) in [5.41, 5.74) is 2.10. The second-order valence-corrected chi connectivity index (χ2v) is 5.39. The van der Waals surface area contributed by atoms with Gasteiger partial charge in [-0.2, -0.15) is 0 Å². The molecule has 3 nitrogen and oxygen atoms in total. The molecule has 21 heavy (non-hydrogen) atoms. The van der Waals surface area contributed by atoms with Gasteiger partial charge in [-0.3, -0.25) is 4.79 Å². The summed E-state index contributed by atoms with van der Waals surface area (Å²) in [5.74, 6) is 0.169. The van der Waals surface area contributed by atoms with Crippen molar-refractivity contribution in [1.29, 1.82) is 0 Å². The molecule has 1 aliphatic rings. The van der Waals surface area contributed by atoms with E-state index >= 15 is 0 Å². The lowest BCUT2D eigenvalue weighted by atomic mass is 10.1. The van der Waals surface area contributed by atoms with Crippen LogP contribution in [0.4, 0.5) is 5.69 Å². The zero-order valence-electron chi connectivity index (χ0n) is 12.0. The fourth-order valence-electron chi connectivity index (χ4n) is 2.75. The van der Waals surface area contributed by atoms with E-state index in [0.29, 0.717) is 6.54 Å². The van der Waals surface area contributed by atoms with Crippen LogP contribution in [0.5, 0.6) is 0 Å². The van der Waals surface area contributed by atoms with Crippen molar-refractivity contribution in [2.45, 2.75) is 25.4 Å². The average molecular weight is 280 g/mol. The maximum atomic E-state index is 12.8. The normalized spacial score (nSPS) is 17.6. The summed E-state index contributed by atoms with van der Waals surface area (Å²) in [6.07, 6.45) is 2.00. The van der Waals surface area contributed by atoms with Gasteiger partial charge in [-0.25, -0.2) is 0 Å². The Hall–Kier alpha value is -2.13. The monoisotopic (exact) mass is 280 g/mol. The number of rotatable bonds is 4. The molecule has 1 N–H and O–H groups in total. The van der Waals surface area contributed by atoms with Crippen LogP contribution in [-0.2, 0) is 11.3 Å². The molecular formula is C18H20N2O. The standard InChI is InChI=1S/C18H20N2O/c21-18(17-12-7-13-19-17)20(16-10-5-2-6-11-16)14-15-8-3-1-4-9-15/h1-6,8-11,17,19H,7,12-14H2/t17-/m0/s1. The minimum absolute atomic E-state index is 0.0473. The fraction of sp³-hybridized carbons (Fsp3) is 0.278. The van der Waals surface area contributed by atoms with Crippen LogP contribution < -0.4 is 10.2 Å². The third-order valence-corrected chi connectivity index (χ3v) is 3.88. The molecule has 1 aliphatic heterocycles. The van der Waals surface area contributed by atoms with Crippen LogP contribution in [0, 0.1) is 0 Å². The second-order valence-electron chi connectivity index (χ2n) is 5.39. The molecule has 3 rings (SSSR count). The van der Waals surface area contributed by atoms with E-state index in [2.05, 4.69) is 17.4 Å². The van der Waals surface area contributed by atoms with Gasteiger partial charge in [0.15, 0.2) is 0 Å². The highest BCUT2D eigenvalue weighted by Crippen LogP contribution is 2.20. The number of nitrogens with one attached hydrogen (secondary N) is 1. The summed E-state index contributed by atoms with van der Waals surface area (Å²) in [7, 11) is 0. The molecule has 1 heterocycles. The third-order valence-electron chi connectivity index (χ3n) is 3.88. The van der Waals surface area contributed by atoms with Gasteiger partial charge in [0.1, 0.15) is 0 Å². The van der Waals surface area contributed by atoms with Crippen molar-refractivity contribution in [3.05, 3.63) is 66.2 Å². The number of benzene rings is 2. The second kappa shape index (κ2) is 6.55. The first-order chi connectivity index (χ1) is 10.3. The Balaban J connectivity index is 1.85. The molecule has 1 amide bonds. The molecule has 0 unspecified atom stereocenters. The molecule has 2 aromatic rings. The topological polar surface area (TPSA) is 32.3 Å². The Kier molecular flexibility index (Phi) is 4.31. The number of anilines is 1. The van der Waals surface area contributed by atoms with Crippen LogP contribution in [0.25, 0.3) is 0 Å². The van der Waals surface area contributed by atoms with Crippen molar-refractivity contribution in [2.24, 2.45) is 0 Å². The first-order valence-corrected chi connectivity index (χ1v) is 7.48. The molecule has 1 saturated heterocycles. The van der Waals surface area contributed by atoms with E-state index in [4.69, 9.17) is 0 Å². The van der Waals surface area contributed by atoms with Gasteiger partial charge in [0, 0.05) is 5.69 Å². The van der Waals surface area contributed by atoms with E-state index in [1.165, 1.54) is 0 Å². The van der Waals surface area contributed by atoms with Crippen LogP contribution in [0.15, 0.2) is 60.7 Å². The van der Waals surface area contributed by atoms with E-state index in [1.54, 1.807) is 0 Å². The van der Waals surface area contributed by atoms with Crippen molar-refractivity contribution in [3.8, 4) is 0 Å². The van der Waals surface area contributed by atoms with Crippen molar-refractivity contribution < 1.29 is 4.79 Å². The van der Waals surface area contributed by atoms with Crippen LogP contribution in [0.2, 0.25) is 0 Å². The van der Waals surface area contributed by atoms with Gasteiger partial charge < -0.3 is 10.2 Å². The van der Waals surface area contributed by atoms with E-state index < -0.39 is 0 Å². The number of carbonyl (C=O) groups excluding carboxylic acids is 1. The number of carbonyl (C=O) groups is 1. The zero-order valence-corrected chi connectivity index (χ0v) is 12.0. The third kappa shape index (κ3) is 3.31. The summed E-state index contributed by atoms with van der Waals surface area (Å²) in [6.45, 7) is 1.55. The first kappa shape index (κ1) is 13.8. The smallest absolute Gasteiger partial charge is 0.244 e. The lowest BCUT2D eigenvalue weighted by molar-refractivity contribution is -0.120. The van der Waals surface area contributed by atoms with Gasteiger partial charge in [0.25, 0.3) is 0 Å². The fourth-order valence-corrected chi connectivity index (χ4v) is 2.75. The highest BCUT2D eigenvalue weighted by Gasteiger charge is 2.27. The molecule has 1 fully saturated rings. The molecule has 3 heteroatoms. The predicted molar refractivity (Wildman–Crippen MR) is 85.1 cm³/mol. The van der Waals surface area contributed by atoms with Crippen molar-refractivity contribution in [1.82, 2.24) is 5.32 Å². The van der Waals surface area contributed by atoms with Gasteiger partial charge in [0.2, 0.25) is 5.91 Å². The Bertz CT molecular complexity index is 577. The molecule has 1 atom stereocenters.